The average molecular weight is 864 g/mol. The van der Waals surface area contributed by atoms with Gasteiger partial charge in [-0.2, -0.15) is 16.8 Å². The van der Waals surface area contributed by atoms with Crippen LogP contribution in [0.25, 0.3) is 5.57 Å². The number of rotatable bonds is 14. The van der Waals surface area contributed by atoms with Crippen LogP contribution in [0.5, 0.6) is 0 Å². The van der Waals surface area contributed by atoms with Gasteiger partial charge in [0.25, 0.3) is 0 Å². The smallest absolute Gasteiger partial charge is 0.275 e. The Morgan fingerprint density at radius 3 is 1.16 bits per heavy atom. The number of hydrogen-bond donors (Lipinski definition) is 2. The maximum Gasteiger partial charge on any atom is 0.331 e. The molecule has 0 heterocycles. The summed E-state index contributed by atoms with van der Waals surface area (Å²) in [5, 5.41) is -0.608. The Bertz CT molecular complexity index is 2430. The molecule has 6 nitrogen and oxygen atoms in total. The second-order valence-electron chi connectivity index (χ2n) is 18.9. The molecule has 0 unspecified atom stereocenters. The van der Waals surface area contributed by atoms with Gasteiger partial charge in [0.1, 0.15) is 5.57 Å². The van der Waals surface area contributed by atoms with Gasteiger partial charge in [0.15, 0.2) is 10.2 Å². The maximum absolute atomic E-state index is 13.1. The summed E-state index contributed by atoms with van der Waals surface area (Å²) < 4.78 is 71.2. The summed E-state index contributed by atoms with van der Waals surface area (Å²) in [5.41, 5.74) is 17.0. The third-order valence-electron chi connectivity index (χ3n) is 12.3. The molecule has 8 heteroatoms. The fourth-order valence-corrected chi connectivity index (χ4v) is 9.97. The highest BCUT2D eigenvalue weighted by Crippen LogP contribution is 2.42. The summed E-state index contributed by atoms with van der Waals surface area (Å²) in [7, 11) is -9.74. The third-order valence-corrected chi connectivity index (χ3v) is 14.0. The van der Waals surface area contributed by atoms with E-state index in [-0.39, 0.29) is 5.57 Å². The molecule has 2 N–H and O–H groups in total. The predicted octanol–water partition coefficient (Wildman–Crippen LogP) is 13.8. The van der Waals surface area contributed by atoms with Gasteiger partial charge in [0, 0.05) is 23.3 Å². The van der Waals surface area contributed by atoms with Crippen molar-refractivity contribution >= 4 is 25.8 Å². The topological polar surface area (TPSA) is 109 Å². The first-order valence-electron chi connectivity index (χ1n) is 21.8. The number of aryl methyl sites for hydroxylation is 2. The van der Waals surface area contributed by atoms with Crippen LogP contribution in [0.4, 0.5) is 0 Å². The van der Waals surface area contributed by atoms with Crippen LogP contribution in [0, 0.1) is 19.1 Å². The minimum absolute atomic E-state index is 0.121. The molecule has 5 rings (SSSR count). The third kappa shape index (κ3) is 10.7. The molecule has 0 aromatic heterocycles. The van der Waals surface area contributed by atoms with Crippen molar-refractivity contribution in [1.29, 1.82) is 0 Å². The lowest BCUT2D eigenvalue weighted by molar-refractivity contribution is 0.487. The van der Waals surface area contributed by atoms with E-state index in [9.17, 15) is 25.9 Å². The first-order chi connectivity index (χ1) is 28.3. The summed E-state index contributed by atoms with van der Waals surface area (Å²) in [6.45, 7) is 31.0. The van der Waals surface area contributed by atoms with Crippen LogP contribution in [-0.4, -0.2) is 25.9 Å². The van der Waals surface area contributed by atoms with Crippen molar-refractivity contribution in [3.63, 3.8) is 0 Å². The minimum Gasteiger partial charge on any atom is -0.275 e. The van der Waals surface area contributed by atoms with Crippen molar-refractivity contribution in [3.8, 4) is 0 Å². The van der Waals surface area contributed by atoms with E-state index >= 15 is 0 Å². The average Bonchev–Trinajstić information content (AvgIpc) is 3.15. The van der Waals surface area contributed by atoms with E-state index in [0.29, 0.717) is 52.2 Å². The molecule has 1 aliphatic carbocycles. The van der Waals surface area contributed by atoms with Gasteiger partial charge in [-0.1, -0.05) is 119 Å². The van der Waals surface area contributed by atoms with Gasteiger partial charge in [-0.15, -0.1) is 0 Å². The van der Waals surface area contributed by atoms with E-state index in [0.717, 1.165) is 41.2 Å². The lowest BCUT2D eigenvalue weighted by Gasteiger charge is -2.24. The van der Waals surface area contributed by atoms with E-state index in [2.05, 4.69) is 133 Å². The van der Waals surface area contributed by atoms with E-state index in [1.54, 1.807) is 0 Å². The normalized spacial score (nSPS) is 13.8. The van der Waals surface area contributed by atoms with E-state index in [1.165, 1.54) is 56.7 Å². The van der Waals surface area contributed by atoms with Crippen molar-refractivity contribution in [2.24, 2.45) is 0 Å². The monoisotopic (exact) mass is 863 g/mol. The van der Waals surface area contributed by atoms with Crippen molar-refractivity contribution in [2.75, 3.05) is 0 Å². The van der Waals surface area contributed by atoms with Gasteiger partial charge in [0.2, 0.25) is 0 Å². The second-order valence-corrected chi connectivity index (χ2v) is 21.7. The molecule has 0 aliphatic heterocycles. The molecule has 326 valence electrons. The fourth-order valence-electron chi connectivity index (χ4n) is 8.66. The summed E-state index contributed by atoms with van der Waals surface area (Å²) >= 11 is 0. The van der Waals surface area contributed by atoms with Crippen LogP contribution < -0.4 is 0 Å². The molecule has 0 amide bonds. The van der Waals surface area contributed by atoms with Gasteiger partial charge in [-0.05, 0) is 153 Å². The Morgan fingerprint density at radius 1 is 0.525 bits per heavy atom. The first kappa shape index (κ1) is 47.8. The van der Waals surface area contributed by atoms with E-state index < -0.39 is 30.4 Å². The van der Waals surface area contributed by atoms with Crippen molar-refractivity contribution in [1.82, 2.24) is 0 Å². The van der Waals surface area contributed by atoms with Gasteiger partial charge in [-0.3, -0.25) is 9.11 Å². The molecule has 1 aliphatic rings. The van der Waals surface area contributed by atoms with Crippen molar-refractivity contribution in [3.05, 3.63) is 173 Å². The Balaban J connectivity index is 1.72. The van der Waals surface area contributed by atoms with Crippen LogP contribution in [0.1, 0.15) is 196 Å². The minimum atomic E-state index is -4.96. The van der Waals surface area contributed by atoms with Crippen LogP contribution in [0.2, 0.25) is 0 Å². The summed E-state index contributed by atoms with van der Waals surface area (Å²) in [6.07, 6.45) is 4.80. The molecular weight excluding hydrogens is 797 g/mol. The number of allylic oxidation sites excluding steroid dienone is 2. The van der Waals surface area contributed by atoms with Gasteiger partial charge < -0.3 is 0 Å². The SMILES string of the molecule is Cc1cc(C(=C2C=CC(S(=O)(=O)O)=C[C+]2S(=O)(=O)O)c2ccc(Cc3c(C(C)C)cc(C(C)C)cc3C(C)C)c(C)c2)ccc1Cc1c(C(C)C)cc(C(C)C)cc1C(C)C. The first-order valence-corrected chi connectivity index (χ1v) is 24.7. The Labute approximate surface area is 367 Å². The standard InChI is InChI=1S/C53H66O6S2/c1-30(2)42-25-46(32(5)6)50(47(26-42)33(7)8)23-38-15-17-40(21-36(38)13)53(45-20-19-44(60(54,55)56)29-52(45)61(57,58)59)41-18-16-39(37(14)22-41)24-51-48(34(9)10)27-43(31(3)4)28-49(51)35(11)12/h15-22,25-35H,23-24H2,1-14H3,(H-,54,55,56,57,58,59)/p+1. The van der Waals surface area contributed by atoms with E-state index in [4.69, 9.17) is 0 Å². The predicted molar refractivity (Wildman–Crippen MR) is 255 cm³/mol. The van der Waals surface area contributed by atoms with E-state index in [1.807, 2.05) is 24.3 Å². The molecule has 0 fully saturated rings. The van der Waals surface area contributed by atoms with Crippen LogP contribution in [0.15, 0.2) is 89.4 Å². The lowest BCUT2D eigenvalue weighted by Crippen LogP contribution is -2.18. The van der Waals surface area contributed by atoms with Crippen LogP contribution >= 0.6 is 0 Å². The molecule has 0 spiro atoms. The summed E-state index contributed by atoms with van der Waals surface area (Å²) in [6, 6.07) is 21.7. The molecule has 0 bridgehead atoms. The van der Waals surface area contributed by atoms with Crippen LogP contribution in [0.3, 0.4) is 0 Å². The molecule has 4 aromatic carbocycles. The molecule has 0 radical (unpaired) electrons. The Hall–Kier alpha value is -4.21. The van der Waals surface area contributed by atoms with Crippen molar-refractivity contribution < 1.29 is 25.9 Å². The summed E-state index contributed by atoms with van der Waals surface area (Å²) in [5.74, 6) is 2.12. The van der Waals surface area contributed by atoms with Crippen LogP contribution in [-0.2, 0) is 33.1 Å². The van der Waals surface area contributed by atoms with Gasteiger partial charge in [0.05, 0.1) is 11.6 Å². The zero-order valence-electron chi connectivity index (χ0n) is 38.7. The van der Waals surface area contributed by atoms with Crippen molar-refractivity contribution in [2.45, 2.75) is 145 Å². The maximum atomic E-state index is 13.1. The zero-order valence-corrected chi connectivity index (χ0v) is 40.4. The zero-order chi connectivity index (χ0) is 45.5. The summed E-state index contributed by atoms with van der Waals surface area (Å²) in [4.78, 5) is -0.628. The molecule has 0 saturated carbocycles. The Kier molecular flexibility index (Phi) is 14.6. The van der Waals surface area contributed by atoms with Gasteiger partial charge >= 0.3 is 20.2 Å². The quantitative estimate of drug-likeness (QED) is 0.0965. The Morgan fingerprint density at radius 2 is 0.885 bits per heavy atom. The number of benzene rings is 4. The molecule has 61 heavy (non-hydrogen) atoms. The van der Waals surface area contributed by atoms with Gasteiger partial charge in [-0.25, -0.2) is 0 Å². The highest BCUT2D eigenvalue weighted by atomic mass is 32.2. The highest BCUT2D eigenvalue weighted by Gasteiger charge is 2.40. The lowest BCUT2D eigenvalue weighted by atomic mass is 9.80. The molecule has 0 atom stereocenters. The highest BCUT2D eigenvalue weighted by molar-refractivity contribution is 7.90. The number of hydrogen-bond acceptors (Lipinski definition) is 4. The second kappa shape index (κ2) is 18.6. The molecule has 0 saturated heterocycles. The molecule has 4 aromatic rings. The largest absolute Gasteiger partial charge is 0.331 e. The molecular formula is C53H67O6S2+. The fraction of sp³-hybridized carbons (Fsp3) is 0.415.